The number of halogens is 1. The highest BCUT2D eigenvalue weighted by Gasteiger charge is 2.18. The maximum absolute atomic E-state index is 13.5. The summed E-state index contributed by atoms with van der Waals surface area (Å²) in [5.74, 6) is 1.01. The fraction of sp³-hybridized carbons (Fsp3) is 0.231. The van der Waals surface area contributed by atoms with Gasteiger partial charge in [0.1, 0.15) is 11.7 Å². The minimum atomic E-state index is -0.277. The van der Waals surface area contributed by atoms with Crippen LogP contribution in [0.1, 0.15) is 16.7 Å². The molecule has 0 bridgehead atoms. The number of aliphatic imine (C=N–C) groups is 2. The molecule has 0 unspecified atom stereocenters. The standard InChI is InChI=1S/C26H27FN4O/c1-19-7-6-8-20(2)24(19)25(28-23-13-11-21(27)12-14-23)30-26(31-15-17-32-18-16-31)29-22-9-4-3-5-10-22/h3-14H,15-18H2,1-2H3,(H,28,29,30). The minimum absolute atomic E-state index is 0.277. The molecule has 0 saturated carbocycles. The first kappa shape index (κ1) is 21.7. The quantitative estimate of drug-likeness (QED) is 0.452. The lowest BCUT2D eigenvalue weighted by Crippen LogP contribution is -2.40. The minimum Gasteiger partial charge on any atom is -0.378 e. The number of nitrogens with zero attached hydrogens (tertiary/aromatic N) is 3. The molecule has 0 spiro atoms. The lowest BCUT2D eigenvalue weighted by atomic mass is 10.0. The molecule has 6 heteroatoms. The molecule has 1 heterocycles. The Labute approximate surface area is 188 Å². The van der Waals surface area contributed by atoms with Crippen LogP contribution in [0.5, 0.6) is 0 Å². The molecule has 5 nitrogen and oxygen atoms in total. The number of amidine groups is 1. The molecular weight excluding hydrogens is 403 g/mol. The zero-order valence-corrected chi connectivity index (χ0v) is 18.4. The van der Waals surface area contributed by atoms with Crippen molar-refractivity contribution in [3.05, 3.63) is 95.3 Å². The topological polar surface area (TPSA) is 49.2 Å². The van der Waals surface area contributed by atoms with Gasteiger partial charge in [0.15, 0.2) is 0 Å². The highest BCUT2D eigenvalue weighted by atomic mass is 19.1. The van der Waals surface area contributed by atoms with Gasteiger partial charge < -0.3 is 15.0 Å². The molecule has 1 aliphatic heterocycles. The molecule has 1 N–H and O–H groups in total. The first-order chi connectivity index (χ1) is 15.6. The van der Waals surface area contributed by atoms with Gasteiger partial charge in [0.2, 0.25) is 5.96 Å². The van der Waals surface area contributed by atoms with E-state index in [9.17, 15) is 4.39 Å². The van der Waals surface area contributed by atoms with Crippen molar-refractivity contribution >= 4 is 23.2 Å². The van der Waals surface area contributed by atoms with Crippen LogP contribution in [0.15, 0.2) is 82.8 Å². The fourth-order valence-corrected chi connectivity index (χ4v) is 3.65. The number of hydrogen-bond acceptors (Lipinski definition) is 2. The zero-order chi connectivity index (χ0) is 22.3. The van der Waals surface area contributed by atoms with Gasteiger partial charge >= 0.3 is 0 Å². The Kier molecular flexibility index (Phi) is 6.92. The van der Waals surface area contributed by atoms with E-state index in [-0.39, 0.29) is 5.82 Å². The lowest BCUT2D eigenvalue weighted by molar-refractivity contribution is 0.0676. The number of aryl methyl sites for hydroxylation is 2. The summed E-state index contributed by atoms with van der Waals surface area (Å²) >= 11 is 0. The molecule has 0 aromatic heterocycles. The SMILES string of the molecule is Cc1cccc(C)c1/C(=N\C(=N/c1ccccc1)N1CCOCC1)Nc1ccc(F)cc1. The van der Waals surface area contributed by atoms with Crippen molar-refractivity contribution in [2.24, 2.45) is 9.98 Å². The number of hydrogen-bond donors (Lipinski definition) is 1. The fourth-order valence-electron chi connectivity index (χ4n) is 3.65. The Morgan fingerprint density at radius 1 is 0.875 bits per heavy atom. The lowest BCUT2D eigenvalue weighted by Gasteiger charge is -2.28. The molecule has 0 aliphatic carbocycles. The number of rotatable bonds is 3. The Morgan fingerprint density at radius 2 is 1.53 bits per heavy atom. The van der Waals surface area contributed by atoms with Crippen LogP contribution in [-0.2, 0) is 4.74 Å². The van der Waals surface area contributed by atoms with Gasteiger partial charge in [-0.3, -0.25) is 0 Å². The van der Waals surface area contributed by atoms with Crippen LogP contribution in [0.2, 0.25) is 0 Å². The zero-order valence-electron chi connectivity index (χ0n) is 18.4. The largest absolute Gasteiger partial charge is 0.378 e. The van der Waals surface area contributed by atoms with Crippen LogP contribution in [-0.4, -0.2) is 43.0 Å². The molecule has 4 rings (SSSR count). The van der Waals surface area contributed by atoms with Crippen molar-refractivity contribution < 1.29 is 9.13 Å². The van der Waals surface area contributed by atoms with Crippen molar-refractivity contribution in [1.29, 1.82) is 0 Å². The second-order valence-corrected chi connectivity index (χ2v) is 7.71. The summed E-state index contributed by atoms with van der Waals surface area (Å²) < 4.78 is 19.0. The van der Waals surface area contributed by atoms with Gasteiger partial charge in [0, 0.05) is 24.3 Å². The van der Waals surface area contributed by atoms with E-state index < -0.39 is 0 Å². The maximum Gasteiger partial charge on any atom is 0.228 e. The average molecular weight is 431 g/mol. The molecule has 3 aromatic carbocycles. The van der Waals surface area contributed by atoms with Gasteiger partial charge in [-0.25, -0.2) is 9.38 Å². The molecule has 1 fully saturated rings. The first-order valence-corrected chi connectivity index (χ1v) is 10.7. The predicted octanol–water partition coefficient (Wildman–Crippen LogP) is 5.32. The Balaban J connectivity index is 1.82. The second kappa shape index (κ2) is 10.2. The summed E-state index contributed by atoms with van der Waals surface area (Å²) in [5, 5.41) is 3.40. The van der Waals surface area contributed by atoms with Crippen LogP contribution in [0.25, 0.3) is 0 Å². The second-order valence-electron chi connectivity index (χ2n) is 7.71. The number of guanidine groups is 1. The number of ether oxygens (including phenoxy) is 1. The molecule has 32 heavy (non-hydrogen) atoms. The van der Waals surface area contributed by atoms with Crippen molar-refractivity contribution in [2.75, 3.05) is 31.6 Å². The molecular formula is C26H27FN4O. The van der Waals surface area contributed by atoms with E-state index in [0.717, 1.165) is 28.1 Å². The molecule has 0 radical (unpaired) electrons. The van der Waals surface area contributed by atoms with Crippen LogP contribution in [0, 0.1) is 19.7 Å². The highest BCUT2D eigenvalue weighted by molar-refractivity contribution is 6.14. The van der Waals surface area contributed by atoms with Crippen molar-refractivity contribution in [3.8, 4) is 0 Å². The third kappa shape index (κ3) is 5.39. The van der Waals surface area contributed by atoms with Crippen molar-refractivity contribution in [1.82, 2.24) is 4.90 Å². The molecule has 0 atom stereocenters. The summed E-state index contributed by atoms with van der Waals surface area (Å²) in [5.41, 5.74) is 4.79. The van der Waals surface area contributed by atoms with Gasteiger partial charge in [0.05, 0.1) is 18.9 Å². The summed E-state index contributed by atoms with van der Waals surface area (Å²) in [7, 11) is 0. The van der Waals surface area contributed by atoms with E-state index in [2.05, 4.69) is 36.2 Å². The average Bonchev–Trinajstić information content (AvgIpc) is 2.81. The maximum atomic E-state index is 13.5. The number of morpholine rings is 1. The van der Waals surface area contributed by atoms with Gasteiger partial charge in [-0.1, -0.05) is 36.4 Å². The predicted molar refractivity (Wildman–Crippen MR) is 128 cm³/mol. The summed E-state index contributed by atoms with van der Waals surface area (Å²) in [6, 6.07) is 22.3. The Morgan fingerprint density at radius 3 is 2.19 bits per heavy atom. The molecule has 3 aromatic rings. The summed E-state index contributed by atoms with van der Waals surface area (Å²) in [6.07, 6.45) is 0. The normalized spacial score (nSPS) is 15.0. The van der Waals surface area contributed by atoms with E-state index >= 15 is 0 Å². The third-order valence-electron chi connectivity index (χ3n) is 5.32. The number of nitrogens with one attached hydrogen (secondary N) is 1. The highest BCUT2D eigenvalue weighted by Crippen LogP contribution is 2.19. The Hall–Kier alpha value is -3.51. The summed E-state index contributed by atoms with van der Waals surface area (Å²) in [4.78, 5) is 12.0. The molecule has 1 aliphatic rings. The summed E-state index contributed by atoms with van der Waals surface area (Å²) in [6.45, 7) is 6.82. The van der Waals surface area contributed by atoms with Gasteiger partial charge in [-0.05, 0) is 61.4 Å². The molecule has 0 amide bonds. The van der Waals surface area contributed by atoms with E-state index in [1.54, 1.807) is 12.1 Å². The van der Waals surface area contributed by atoms with Crippen LogP contribution in [0.4, 0.5) is 15.8 Å². The van der Waals surface area contributed by atoms with Crippen LogP contribution < -0.4 is 5.32 Å². The van der Waals surface area contributed by atoms with E-state index in [0.29, 0.717) is 38.1 Å². The monoisotopic (exact) mass is 430 g/mol. The van der Waals surface area contributed by atoms with Gasteiger partial charge in [-0.2, -0.15) is 4.99 Å². The van der Waals surface area contributed by atoms with Crippen molar-refractivity contribution in [3.63, 3.8) is 0 Å². The van der Waals surface area contributed by atoms with Crippen LogP contribution in [0.3, 0.4) is 0 Å². The van der Waals surface area contributed by atoms with E-state index in [4.69, 9.17) is 14.7 Å². The van der Waals surface area contributed by atoms with Gasteiger partial charge in [-0.15, -0.1) is 0 Å². The van der Waals surface area contributed by atoms with E-state index in [1.165, 1.54) is 12.1 Å². The third-order valence-corrected chi connectivity index (χ3v) is 5.32. The van der Waals surface area contributed by atoms with Crippen LogP contribution >= 0.6 is 0 Å². The first-order valence-electron chi connectivity index (χ1n) is 10.7. The van der Waals surface area contributed by atoms with Crippen molar-refractivity contribution in [2.45, 2.75) is 13.8 Å². The smallest absolute Gasteiger partial charge is 0.228 e. The number of benzene rings is 3. The van der Waals surface area contributed by atoms with E-state index in [1.807, 2.05) is 36.4 Å². The number of anilines is 1. The van der Waals surface area contributed by atoms with Gasteiger partial charge in [0.25, 0.3) is 0 Å². The number of para-hydroxylation sites is 1. The Bertz CT molecular complexity index is 1080. The molecule has 1 saturated heterocycles. The molecule has 164 valence electrons.